The number of rotatable bonds is 5. The summed E-state index contributed by atoms with van der Waals surface area (Å²) in [6, 6.07) is 5.21. The largest absolute Gasteiger partial charge is 0.463 e. The third kappa shape index (κ3) is 3.58. The highest BCUT2D eigenvalue weighted by Crippen LogP contribution is 2.24. The van der Waals surface area contributed by atoms with E-state index in [9.17, 15) is 9.59 Å². The van der Waals surface area contributed by atoms with Gasteiger partial charge in [-0.3, -0.25) is 14.6 Å². The lowest BCUT2D eigenvalue weighted by Crippen LogP contribution is -2.21. The molecular weight excluding hydrogens is 334 g/mol. The number of furan rings is 1. The van der Waals surface area contributed by atoms with Crippen LogP contribution in [0.2, 0.25) is 0 Å². The number of aromatic amines is 1. The maximum absolute atomic E-state index is 12.2. The maximum Gasteiger partial charge on any atom is 0.255 e. The third-order valence-electron chi connectivity index (χ3n) is 3.93. The molecule has 0 fully saturated rings. The molecule has 3 aromatic heterocycles. The predicted molar refractivity (Wildman–Crippen MR) is 97.2 cm³/mol. The molecule has 0 aromatic carbocycles. The number of nitrogens with zero attached hydrogens (tertiary/aromatic N) is 3. The average Bonchev–Trinajstić information content (AvgIpc) is 3.20. The number of hydrogen-bond acceptors (Lipinski definition) is 5. The second-order valence-corrected chi connectivity index (χ2v) is 6.55. The molecule has 8 heteroatoms. The summed E-state index contributed by atoms with van der Waals surface area (Å²) >= 11 is 0. The van der Waals surface area contributed by atoms with Crippen LogP contribution in [0.15, 0.2) is 33.7 Å². The second-order valence-electron chi connectivity index (χ2n) is 6.55. The van der Waals surface area contributed by atoms with Gasteiger partial charge in [0, 0.05) is 23.7 Å². The van der Waals surface area contributed by atoms with Crippen LogP contribution >= 0.6 is 0 Å². The number of amides is 1. The molecule has 0 aliphatic carbocycles. The lowest BCUT2D eigenvalue weighted by Gasteiger charge is -2.10. The topological polar surface area (TPSA) is 106 Å². The quantitative estimate of drug-likeness (QED) is 0.732. The Morgan fingerprint density at radius 1 is 1.38 bits per heavy atom. The molecule has 8 nitrogen and oxygen atoms in total. The van der Waals surface area contributed by atoms with E-state index in [1.165, 1.54) is 4.68 Å². The van der Waals surface area contributed by atoms with E-state index in [1.807, 2.05) is 13.8 Å². The number of nitrogens with one attached hydrogen (secondary N) is 2. The van der Waals surface area contributed by atoms with Crippen LogP contribution in [-0.4, -0.2) is 25.7 Å². The van der Waals surface area contributed by atoms with Crippen molar-refractivity contribution in [3.8, 4) is 17.4 Å². The SMILES string of the molecule is Cc1nc(-n2nc(-c3ccco3)cc2NC(=O)CC(C)C)[nH]c(=O)c1C. The third-order valence-corrected chi connectivity index (χ3v) is 3.93. The summed E-state index contributed by atoms with van der Waals surface area (Å²) in [7, 11) is 0. The molecule has 0 saturated carbocycles. The monoisotopic (exact) mass is 355 g/mol. The molecule has 0 saturated heterocycles. The van der Waals surface area contributed by atoms with Crippen molar-refractivity contribution >= 4 is 11.7 Å². The number of H-pyrrole nitrogens is 1. The van der Waals surface area contributed by atoms with Crippen LogP contribution < -0.4 is 10.9 Å². The molecule has 3 aromatic rings. The molecule has 1 amide bonds. The van der Waals surface area contributed by atoms with Crippen molar-refractivity contribution in [3.63, 3.8) is 0 Å². The van der Waals surface area contributed by atoms with Crippen molar-refractivity contribution in [1.29, 1.82) is 0 Å². The fourth-order valence-electron chi connectivity index (χ4n) is 2.47. The van der Waals surface area contributed by atoms with Gasteiger partial charge in [0.25, 0.3) is 5.56 Å². The summed E-state index contributed by atoms with van der Waals surface area (Å²) < 4.78 is 6.79. The van der Waals surface area contributed by atoms with Gasteiger partial charge in [-0.15, -0.1) is 0 Å². The molecule has 3 heterocycles. The maximum atomic E-state index is 12.2. The minimum Gasteiger partial charge on any atom is -0.463 e. The van der Waals surface area contributed by atoms with Crippen molar-refractivity contribution in [1.82, 2.24) is 19.7 Å². The zero-order valence-corrected chi connectivity index (χ0v) is 15.2. The Labute approximate surface area is 150 Å². The predicted octanol–water partition coefficient (Wildman–Crippen LogP) is 2.82. The summed E-state index contributed by atoms with van der Waals surface area (Å²) in [6.07, 6.45) is 1.92. The van der Waals surface area contributed by atoms with Crippen molar-refractivity contribution < 1.29 is 9.21 Å². The lowest BCUT2D eigenvalue weighted by atomic mass is 10.1. The molecule has 0 spiro atoms. The fraction of sp³-hybridized carbons (Fsp3) is 0.333. The Balaban J connectivity index is 2.07. The van der Waals surface area contributed by atoms with Gasteiger partial charge < -0.3 is 9.73 Å². The van der Waals surface area contributed by atoms with Crippen LogP contribution in [0.25, 0.3) is 17.4 Å². The first kappa shape index (κ1) is 17.7. The van der Waals surface area contributed by atoms with Gasteiger partial charge in [-0.2, -0.15) is 9.78 Å². The average molecular weight is 355 g/mol. The van der Waals surface area contributed by atoms with Gasteiger partial charge >= 0.3 is 0 Å². The molecule has 0 bridgehead atoms. The Morgan fingerprint density at radius 3 is 2.77 bits per heavy atom. The van der Waals surface area contributed by atoms with Crippen LogP contribution in [0.4, 0.5) is 5.82 Å². The summed E-state index contributed by atoms with van der Waals surface area (Å²) in [5.41, 5.74) is 1.41. The number of anilines is 1. The van der Waals surface area contributed by atoms with E-state index in [4.69, 9.17) is 4.42 Å². The lowest BCUT2D eigenvalue weighted by molar-refractivity contribution is -0.116. The molecule has 0 atom stereocenters. The van der Waals surface area contributed by atoms with Crippen molar-refractivity contribution in [2.45, 2.75) is 34.1 Å². The molecule has 0 aliphatic rings. The summed E-state index contributed by atoms with van der Waals surface area (Å²) in [5, 5.41) is 7.28. The molecule has 0 radical (unpaired) electrons. The summed E-state index contributed by atoms with van der Waals surface area (Å²) in [6.45, 7) is 7.39. The van der Waals surface area contributed by atoms with E-state index in [-0.39, 0.29) is 23.3 Å². The number of carbonyl (C=O) groups excluding carboxylic acids is 1. The number of carbonyl (C=O) groups is 1. The molecule has 26 heavy (non-hydrogen) atoms. The first-order valence-electron chi connectivity index (χ1n) is 8.37. The second kappa shape index (κ2) is 6.99. The van der Waals surface area contributed by atoms with Crippen LogP contribution in [-0.2, 0) is 4.79 Å². The molecule has 3 rings (SSSR count). The highest BCUT2D eigenvalue weighted by Gasteiger charge is 2.18. The van der Waals surface area contributed by atoms with Gasteiger partial charge in [0.2, 0.25) is 11.9 Å². The van der Waals surface area contributed by atoms with E-state index in [0.29, 0.717) is 35.0 Å². The molecule has 2 N–H and O–H groups in total. The van der Waals surface area contributed by atoms with Gasteiger partial charge in [-0.25, -0.2) is 4.98 Å². The smallest absolute Gasteiger partial charge is 0.255 e. The van der Waals surface area contributed by atoms with Gasteiger partial charge in [0.1, 0.15) is 11.5 Å². The summed E-state index contributed by atoms with van der Waals surface area (Å²) in [4.78, 5) is 31.4. The minimum absolute atomic E-state index is 0.140. The van der Waals surface area contributed by atoms with Crippen molar-refractivity contribution in [3.05, 3.63) is 46.1 Å². The Morgan fingerprint density at radius 2 is 2.15 bits per heavy atom. The highest BCUT2D eigenvalue weighted by atomic mass is 16.3. The molecule has 0 unspecified atom stereocenters. The Bertz CT molecular complexity index is 983. The van der Waals surface area contributed by atoms with E-state index in [2.05, 4.69) is 20.4 Å². The van der Waals surface area contributed by atoms with E-state index < -0.39 is 0 Å². The normalized spacial score (nSPS) is 11.1. The van der Waals surface area contributed by atoms with Gasteiger partial charge in [-0.05, 0) is 31.9 Å². The van der Waals surface area contributed by atoms with E-state index in [0.717, 1.165) is 0 Å². The highest BCUT2D eigenvalue weighted by molar-refractivity contribution is 5.90. The van der Waals surface area contributed by atoms with Crippen LogP contribution in [0.1, 0.15) is 31.5 Å². The van der Waals surface area contributed by atoms with Crippen LogP contribution in [0.3, 0.4) is 0 Å². The van der Waals surface area contributed by atoms with Crippen molar-refractivity contribution in [2.75, 3.05) is 5.32 Å². The standard InChI is InChI=1S/C18H21N5O3/c1-10(2)8-16(24)20-15-9-13(14-6-5-7-26-14)22-23(15)18-19-12(4)11(3)17(25)21-18/h5-7,9-10H,8H2,1-4H3,(H,20,24)(H,19,21,25). The first-order valence-corrected chi connectivity index (χ1v) is 8.37. The van der Waals surface area contributed by atoms with Gasteiger partial charge in [0.15, 0.2) is 5.76 Å². The molecular formula is C18H21N5O3. The Hall–Kier alpha value is -3.16. The number of aromatic nitrogens is 4. The molecule has 136 valence electrons. The fourth-order valence-corrected chi connectivity index (χ4v) is 2.47. The Kier molecular flexibility index (Phi) is 4.75. The van der Waals surface area contributed by atoms with Gasteiger partial charge in [-0.1, -0.05) is 13.8 Å². The van der Waals surface area contributed by atoms with Gasteiger partial charge in [0.05, 0.1) is 6.26 Å². The number of aryl methyl sites for hydroxylation is 1. The first-order chi connectivity index (χ1) is 12.3. The minimum atomic E-state index is -0.248. The zero-order chi connectivity index (χ0) is 18.8. The van der Waals surface area contributed by atoms with E-state index >= 15 is 0 Å². The van der Waals surface area contributed by atoms with Crippen LogP contribution in [0.5, 0.6) is 0 Å². The zero-order valence-electron chi connectivity index (χ0n) is 15.2. The summed E-state index contributed by atoms with van der Waals surface area (Å²) in [5.74, 6) is 1.27. The van der Waals surface area contributed by atoms with Crippen molar-refractivity contribution in [2.24, 2.45) is 5.92 Å². The van der Waals surface area contributed by atoms with E-state index in [1.54, 1.807) is 38.3 Å². The van der Waals surface area contributed by atoms with Crippen LogP contribution in [0, 0.1) is 19.8 Å². The molecule has 0 aliphatic heterocycles. The number of hydrogen-bond donors (Lipinski definition) is 2.